The molecule has 1 fully saturated rings. The van der Waals surface area contributed by atoms with Gasteiger partial charge in [-0.3, -0.25) is 4.79 Å². The van der Waals surface area contributed by atoms with E-state index < -0.39 is 10.0 Å². The van der Waals surface area contributed by atoms with Crippen molar-refractivity contribution in [3.8, 4) is 11.3 Å². The molecule has 1 saturated heterocycles. The molecule has 39 heavy (non-hydrogen) atoms. The first-order valence-electron chi connectivity index (χ1n) is 12.7. The third-order valence-electron chi connectivity index (χ3n) is 6.60. The molecule has 200 valence electrons. The highest BCUT2D eigenvalue weighted by molar-refractivity contribution is 7.89. The van der Waals surface area contributed by atoms with Gasteiger partial charge in [0.05, 0.1) is 10.6 Å². The van der Waals surface area contributed by atoms with E-state index in [0.29, 0.717) is 37.0 Å². The molecule has 4 aromatic rings. The fourth-order valence-electron chi connectivity index (χ4n) is 4.56. The van der Waals surface area contributed by atoms with Crippen molar-refractivity contribution in [2.75, 3.05) is 41.7 Å². The van der Waals surface area contributed by atoms with Crippen LogP contribution in [0.1, 0.15) is 12.5 Å². The highest BCUT2D eigenvalue weighted by atomic mass is 32.2. The molecule has 2 heterocycles. The van der Waals surface area contributed by atoms with Crippen LogP contribution in [0.15, 0.2) is 90.0 Å². The Morgan fingerprint density at radius 2 is 1.51 bits per heavy atom. The number of anilines is 4. The van der Waals surface area contributed by atoms with E-state index in [1.807, 2.05) is 73.7 Å². The number of carbonyl (C=O) groups excluding carboxylic acids is 1. The molecule has 0 spiro atoms. The van der Waals surface area contributed by atoms with Crippen molar-refractivity contribution >= 4 is 38.9 Å². The summed E-state index contributed by atoms with van der Waals surface area (Å²) in [6.07, 6.45) is 1.70. The summed E-state index contributed by atoms with van der Waals surface area (Å²) in [5, 5.41) is 6.00. The van der Waals surface area contributed by atoms with Crippen LogP contribution in [0.4, 0.5) is 23.0 Å². The van der Waals surface area contributed by atoms with E-state index in [-0.39, 0.29) is 5.91 Å². The van der Waals surface area contributed by atoms with E-state index in [0.717, 1.165) is 33.9 Å². The second-order valence-electron chi connectivity index (χ2n) is 9.35. The number of carbonyl (C=O) groups is 1. The second kappa shape index (κ2) is 11.2. The van der Waals surface area contributed by atoms with Gasteiger partial charge in [-0.25, -0.2) is 18.4 Å². The van der Waals surface area contributed by atoms with Crippen molar-refractivity contribution in [3.63, 3.8) is 0 Å². The van der Waals surface area contributed by atoms with Gasteiger partial charge in [0, 0.05) is 61.9 Å². The minimum absolute atomic E-state index is 0.115. The van der Waals surface area contributed by atoms with Gasteiger partial charge >= 0.3 is 0 Å². The Morgan fingerprint density at radius 3 is 2.18 bits per heavy atom. The van der Waals surface area contributed by atoms with Crippen molar-refractivity contribution in [3.05, 3.63) is 90.6 Å². The van der Waals surface area contributed by atoms with E-state index in [2.05, 4.69) is 25.5 Å². The number of nitrogens with one attached hydrogen (secondary N) is 2. The standard InChI is InChI=1S/C29H30N6O3S/c1-21-5-3-4-6-28(21)39(37,38)35-19-17-34(18-20-35)26-13-11-25(12-14-26)32-29-30-16-15-27(33-29)23-7-9-24(10-8-23)31-22(2)36/h3-16H,17-20H2,1-2H3,(H,31,36)(H,30,32,33). The number of hydrogen-bond acceptors (Lipinski definition) is 7. The van der Waals surface area contributed by atoms with Crippen molar-refractivity contribution in [1.82, 2.24) is 14.3 Å². The Bertz CT molecular complexity index is 1570. The predicted molar refractivity (Wildman–Crippen MR) is 154 cm³/mol. The first kappa shape index (κ1) is 26.3. The van der Waals surface area contributed by atoms with E-state index >= 15 is 0 Å². The van der Waals surface area contributed by atoms with E-state index in [9.17, 15) is 13.2 Å². The van der Waals surface area contributed by atoms with Gasteiger partial charge in [0.15, 0.2) is 0 Å². The Balaban J connectivity index is 1.21. The molecule has 0 aliphatic carbocycles. The zero-order chi connectivity index (χ0) is 27.4. The summed E-state index contributed by atoms with van der Waals surface area (Å²) in [6.45, 7) is 5.40. The maximum Gasteiger partial charge on any atom is 0.243 e. The number of nitrogens with zero attached hydrogens (tertiary/aromatic N) is 4. The molecule has 5 rings (SSSR count). The van der Waals surface area contributed by atoms with Gasteiger partial charge < -0.3 is 15.5 Å². The number of benzene rings is 3. The summed E-state index contributed by atoms with van der Waals surface area (Å²) in [6, 6.07) is 24.4. The fourth-order valence-corrected chi connectivity index (χ4v) is 6.21. The van der Waals surface area contributed by atoms with Crippen molar-refractivity contribution < 1.29 is 13.2 Å². The first-order chi connectivity index (χ1) is 18.8. The molecule has 9 nitrogen and oxygen atoms in total. The van der Waals surface area contributed by atoms with Crippen LogP contribution in [0.25, 0.3) is 11.3 Å². The number of aromatic nitrogens is 2. The highest BCUT2D eigenvalue weighted by Gasteiger charge is 2.29. The topological polar surface area (TPSA) is 108 Å². The minimum atomic E-state index is -3.50. The summed E-state index contributed by atoms with van der Waals surface area (Å²) in [5.74, 6) is 0.358. The number of aryl methyl sites for hydroxylation is 1. The number of piperazine rings is 1. The van der Waals surface area contributed by atoms with Crippen LogP contribution in [-0.4, -0.2) is 54.8 Å². The van der Waals surface area contributed by atoms with Crippen molar-refractivity contribution in [2.45, 2.75) is 18.7 Å². The van der Waals surface area contributed by atoms with Gasteiger partial charge in [-0.05, 0) is 61.0 Å². The second-order valence-corrected chi connectivity index (χ2v) is 11.3. The Hall–Kier alpha value is -4.28. The third kappa shape index (κ3) is 6.08. The number of rotatable bonds is 7. The average molecular weight is 543 g/mol. The smallest absolute Gasteiger partial charge is 0.243 e. The van der Waals surface area contributed by atoms with Crippen LogP contribution in [0.3, 0.4) is 0 Å². The van der Waals surface area contributed by atoms with Gasteiger partial charge in [0.1, 0.15) is 0 Å². The minimum Gasteiger partial charge on any atom is -0.369 e. The average Bonchev–Trinajstić information content (AvgIpc) is 2.94. The zero-order valence-corrected chi connectivity index (χ0v) is 22.6. The lowest BCUT2D eigenvalue weighted by Crippen LogP contribution is -2.48. The molecular weight excluding hydrogens is 512 g/mol. The Labute approximate surface area is 228 Å². The number of amides is 1. The van der Waals surface area contributed by atoms with Crippen molar-refractivity contribution in [1.29, 1.82) is 0 Å². The number of hydrogen-bond donors (Lipinski definition) is 2. The molecule has 1 aliphatic heterocycles. The van der Waals surface area contributed by atoms with Gasteiger partial charge in [0.25, 0.3) is 0 Å². The lowest BCUT2D eigenvalue weighted by atomic mass is 10.1. The fraction of sp³-hybridized carbons (Fsp3) is 0.207. The molecule has 10 heteroatoms. The molecule has 1 amide bonds. The maximum absolute atomic E-state index is 13.1. The van der Waals surface area contributed by atoms with E-state index in [1.165, 1.54) is 6.92 Å². The number of sulfonamides is 1. The summed E-state index contributed by atoms with van der Waals surface area (Å²) in [4.78, 5) is 22.8. The van der Waals surface area contributed by atoms with Crippen molar-refractivity contribution in [2.24, 2.45) is 0 Å². The van der Waals surface area contributed by atoms with Crippen LogP contribution in [0.2, 0.25) is 0 Å². The van der Waals surface area contributed by atoms with Gasteiger partial charge in [-0.1, -0.05) is 30.3 Å². The summed E-state index contributed by atoms with van der Waals surface area (Å²) < 4.78 is 27.8. The zero-order valence-electron chi connectivity index (χ0n) is 21.8. The van der Waals surface area contributed by atoms with Crippen LogP contribution >= 0.6 is 0 Å². The van der Waals surface area contributed by atoms with Gasteiger partial charge in [-0.2, -0.15) is 4.31 Å². The van der Waals surface area contributed by atoms with Gasteiger partial charge in [-0.15, -0.1) is 0 Å². The molecular formula is C29H30N6O3S. The normalized spacial score (nSPS) is 14.2. The lowest BCUT2D eigenvalue weighted by molar-refractivity contribution is -0.114. The molecule has 3 aromatic carbocycles. The van der Waals surface area contributed by atoms with Crippen LogP contribution in [-0.2, 0) is 14.8 Å². The summed E-state index contributed by atoms with van der Waals surface area (Å²) in [7, 11) is -3.50. The molecule has 0 bridgehead atoms. The third-order valence-corrected chi connectivity index (χ3v) is 8.65. The largest absolute Gasteiger partial charge is 0.369 e. The van der Waals surface area contributed by atoms with Crippen LogP contribution in [0.5, 0.6) is 0 Å². The van der Waals surface area contributed by atoms with Crippen LogP contribution in [0, 0.1) is 6.92 Å². The Morgan fingerprint density at radius 1 is 0.846 bits per heavy atom. The molecule has 0 radical (unpaired) electrons. The highest BCUT2D eigenvalue weighted by Crippen LogP contribution is 2.26. The lowest BCUT2D eigenvalue weighted by Gasteiger charge is -2.35. The summed E-state index contributed by atoms with van der Waals surface area (Å²) in [5.41, 5.74) is 5.04. The van der Waals surface area contributed by atoms with E-state index in [1.54, 1.807) is 22.6 Å². The molecule has 1 aliphatic rings. The predicted octanol–water partition coefficient (Wildman–Crippen LogP) is 4.66. The van der Waals surface area contributed by atoms with Gasteiger partial charge in [0.2, 0.25) is 21.9 Å². The molecule has 1 aromatic heterocycles. The Kier molecular flexibility index (Phi) is 7.58. The monoisotopic (exact) mass is 542 g/mol. The summed E-state index contributed by atoms with van der Waals surface area (Å²) >= 11 is 0. The first-order valence-corrected chi connectivity index (χ1v) is 14.1. The molecule has 2 N–H and O–H groups in total. The molecule has 0 atom stereocenters. The molecule has 0 saturated carbocycles. The van der Waals surface area contributed by atoms with E-state index in [4.69, 9.17) is 0 Å². The molecule has 0 unspecified atom stereocenters. The quantitative estimate of drug-likeness (QED) is 0.350. The maximum atomic E-state index is 13.1. The van der Waals surface area contributed by atoms with Crippen LogP contribution < -0.4 is 15.5 Å². The SMILES string of the molecule is CC(=O)Nc1ccc(-c2ccnc(Nc3ccc(N4CCN(S(=O)(=O)c5ccccc5C)CC4)cc3)n2)cc1.